The van der Waals surface area contributed by atoms with Gasteiger partial charge in [0, 0.05) is 0 Å². The third kappa shape index (κ3) is 3.21. The third-order valence-corrected chi connectivity index (χ3v) is 2.50. The monoisotopic (exact) mass is 262 g/mol. The number of amides is 1. The van der Waals surface area contributed by atoms with E-state index < -0.39 is 5.91 Å². The van der Waals surface area contributed by atoms with Gasteiger partial charge in [0.05, 0.1) is 19.2 Å². The number of hydrogen-bond acceptors (Lipinski definition) is 5. The number of rotatable bonds is 6. The number of aromatic nitrogens is 3. The molecule has 1 heterocycles. The molecule has 100 valence electrons. The number of benzene rings is 1. The maximum absolute atomic E-state index is 11.3. The van der Waals surface area contributed by atoms with Crippen LogP contribution in [0.3, 0.4) is 0 Å². The molecule has 0 saturated heterocycles. The van der Waals surface area contributed by atoms with Crippen LogP contribution >= 0.6 is 0 Å². The van der Waals surface area contributed by atoms with Crippen LogP contribution in [0, 0.1) is 0 Å². The molecule has 2 N–H and O–H groups in total. The van der Waals surface area contributed by atoms with Gasteiger partial charge in [-0.1, -0.05) is 0 Å². The highest BCUT2D eigenvalue weighted by Gasteiger charge is 2.11. The molecule has 2 rings (SSSR count). The second kappa shape index (κ2) is 5.85. The number of nitrogens with two attached hydrogens (primary N) is 1. The van der Waals surface area contributed by atoms with Crippen molar-refractivity contribution in [2.45, 2.75) is 6.54 Å². The molecule has 7 nitrogen and oxygen atoms in total. The van der Waals surface area contributed by atoms with Crippen LogP contribution in [-0.4, -0.2) is 34.4 Å². The maximum Gasteiger partial charge on any atom is 0.252 e. The first-order valence-corrected chi connectivity index (χ1v) is 5.64. The topological polar surface area (TPSA) is 92.3 Å². The average molecular weight is 262 g/mol. The Morgan fingerprint density at radius 1 is 1.47 bits per heavy atom. The van der Waals surface area contributed by atoms with E-state index in [0.29, 0.717) is 24.7 Å². The predicted molar refractivity (Wildman–Crippen MR) is 67.0 cm³/mol. The molecule has 0 unspecified atom stereocenters. The summed E-state index contributed by atoms with van der Waals surface area (Å²) in [6.07, 6.45) is 3.04. The van der Waals surface area contributed by atoms with Crippen LogP contribution in [-0.2, 0) is 6.54 Å². The molecule has 1 aromatic heterocycles. The zero-order chi connectivity index (χ0) is 13.7. The number of ether oxygens (including phenoxy) is 2. The van der Waals surface area contributed by atoms with E-state index in [1.807, 2.05) is 0 Å². The van der Waals surface area contributed by atoms with Gasteiger partial charge in [-0.25, -0.2) is 9.67 Å². The Bertz CT molecular complexity index is 554. The van der Waals surface area contributed by atoms with Crippen LogP contribution in [0.25, 0.3) is 0 Å². The molecule has 0 atom stereocenters. The van der Waals surface area contributed by atoms with Crippen LogP contribution in [0.5, 0.6) is 11.5 Å². The van der Waals surface area contributed by atoms with Crippen molar-refractivity contribution in [2.75, 3.05) is 13.7 Å². The Balaban J connectivity index is 2.04. The number of carbonyl (C=O) groups is 1. The lowest BCUT2D eigenvalue weighted by atomic mass is 10.2. The molecule has 0 aliphatic heterocycles. The van der Waals surface area contributed by atoms with E-state index in [4.69, 9.17) is 15.2 Å². The van der Waals surface area contributed by atoms with Crippen molar-refractivity contribution < 1.29 is 14.3 Å². The van der Waals surface area contributed by atoms with Crippen LogP contribution in [0.15, 0.2) is 30.9 Å². The number of nitrogens with zero attached hydrogens (tertiary/aromatic N) is 3. The molecule has 0 aliphatic carbocycles. The molecule has 0 bridgehead atoms. The minimum Gasteiger partial charge on any atom is -0.497 e. The Morgan fingerprint density at radius 2 is 2.32 bits per heavy atom. The largest absolute Gasteiger partial charge is 0.497 e. The van der Waals surface area contributed by atoms with Gasteiger partial charge in [0.25, 0.3) is 5.91 Å². The van der Waals surface area contributed by atoms with Crippen LogP contribution in [0.1, 0.15) is 10.4 Å². The molecular weight excluding hydrogens is 248 g/mol. The first-order chi connectivity index (χ1) is 9.20. The maximum atomic E-state index is 11.3. The van der Waals surface area contributed by atoms with Gasteiger partial charge in [0.1, 0.15) is 30.8 Å². The molecule has 0 saturated carbocycles. The van der Waals surface area contributed by atoms with Crippen molar-refractivity contribution in [3.05, 3.63) is 36.4 Å². The molecule has 0 radical (unpaired) electrons. The first-order valence-electron chi connectivity index (χ1n) is 5.64. The Hall–Kier alpha value is -2.57. The smallest absolute Gasteiger partial charge is 0.252 e. The van der Waals surface area contributed by atoms with Gasteiger partial charge in [0.15, 0.2) is 0 Å². The van der Waals surface area contributed by atoms with Crippen molar-refractivity contribution >= 4 is 5.91 Å². The van der Waals surface area contributed by atoms with E-state index in [1.54, 1.807) is 29.2 Å². The molecule has 2 aromatic rings. The van der Waals surface area contributed by atoms with E-state index in [1.165, 1.54) is 13.4 Å². The van der Waals surface area contributed by atoms with Crippen molar-refractivity contribution in [3.8, 4) is 11.5 Å². The second-order valence-corrected chi connectivity index (χ2v) is 3.73. The normalized spacial score (nSPS) is 10.2. The van der Waals surface area contributed by atoms with Gasteiger partial charge in [-0.3, -0.25) is 4.79 Å². The summed E-state index contributed by atoms with van der Waals surface area (Å²) >= 11 is 0. The summed E-state index contributed by atoms with van der Waals surface area (Å²) in [6, 6.07) is 4.91. The van der Waals surface area contributed by atoms with Gasteiger partial charge < -0.3 is 15.2 Å². The van der Waals surface area contributed by atoms with Crippen molar-refractivity contribution in [3.63, 3.8) is 0 Å². The molecular formula is C12H14N4O3. The van der Waals surface area contributed by atoms with E-state index in [2.05, 4.69) is 10.1 Å². The summed E-state index contributed by atoms with van der Waals surface area (Å²) in [5.74, 6) is 0.417. The van der Waals surface area contributed by atoms with Gasteiger partial charge in [-0.15, -0.1) is 0 Å². The van der Waals surface area contributed by atoms with Crippen LogP contribution in [0.2, 0.25) is 0 Å². The van der Waals surface area contributed by atoms with Gasteiger partial charge in [-0.2, -0.15) is 5.10 Å². The molecule has 0 fully saturated rings. The SMILES string of the molecule is COc1ccc(OCCn2cncn2)c(C(N)=O)c1. The molecule has 0 spiro atoms. The summed E-state index contributed by atoms with van der Waals surface area (Å²) in [7, 11) is 1.52. The molecule has 19 heavy (non-hydrogen) atoms. The fourth-order valence-electron chi connectivity index (χ4n) is 1.55. The number of hydrogen-bond donors (Lipinski definition) is 1. The lowest BCUT2D eigenvalue weighted by molar-refractivity contribution is 0.0995. The molecule has 1 aromatic carbocycles. The number of primary amides is 1. The summed E-state index contributed by atoms with van der Waals surface area (Å²) in [5.41, 5.74) is 5.59. The predicted octanol–water partition coefficient (Wildman–Crippen LogP) is 0.465. The summed E-state index contributed by atoms with van der Waals surface area (Å²) < 4.78 is 12.2. The molecule has 1 amide bonds. The highest BCUT2D eigenvalue weighted by atomic mass is 16.5. The number of methoxy groups -OCH3 is 1. The zero-order valence-corrected chi connectivity index (χ0v) is 10.4. The zero-order valence-electron chi connectivity index (χ0n) is 10.4. The van der Waals surface area contributed by atoms with E-state index in [9.17, 15) is 4.79 Å². The third-order valence-electron chi connectivity index (χ3n) is 2.50. The van der Waals surface area contributed by atoms with E-state index in [0.717, 1.165) is 0 Å². The molecule has 0 aliphatic rings. The summed E-state index contributed by atoms with van der Waals surface area (Å²) in [6.45, 7) is 0.889. The van der Waals surface area contributed by atoms with E-state index in [-0.39, 0.29) is 5.56 Å². The molecule has 7 heteroatoms. The van der Waals surface area contributed by atoms with Gasteiger partial charge in [-0.05, 0) is 18.2 Å². The van der Waals surface area contributed by atoms with Crippen molar-refractivity contribution in [2.24, 2.45) is 5.73 Å². The second-order valence-electron chi connectivity index (χ2n) is 3.73. The minimum absolute atomic E-state index is 0.290. The van der Waals surface area contributed by atoms with Crippen LogP contribution < -0.4 is 15.2 Å². The highest BCUT2D eigenvalue weighted by molar-refractivity contribution is 5.96. The van der Waals surface area contributed by atoms with Crippen molar-refractivity contribution in [1.29, 1.82) is 0 Å². The van der Waals surface area contributed by atoms with Crippen LogP contribution in [0.4, 0.5) is 0 Å². The lowest BCUT2D eigenvalue weighted by Crippen LogP contribution is -2.15. The number of carbonyl (C=O) groups excluding carboxylic acids is 1. The first kappa shape index (κ1) is 12.9. The Kier molecular flexibility index (Phi) is 3.97. The summed E-state index contributed by atoms with van der Waals surface area (Å²) in [4.78, 5) is 15.2. The standard InChI is InChI=1S/C12H14N4O3/c1-18-9-2-3-11(10(6-9)12(13)17)19-5-4-16-8-14-7-15-16/h2-3,6-8H,4-5H2,1H3,(H2,13,17). The van der Waals surface area contributed by atoms with Gasteiger partial charge in [0.2, 0.25) is 0 Å². The lowest BCUT2D eigenvalue weighted by Gasteiger charge is -2.10. The fraction of sp³-hybridized carbons (Fsp3) is 0.250. The fourth-order valence-corrected chi connectivity index (χ4v) is 1.55. The summed E-state index contributed by atoms with van der Waals surface area (Å²) in [5, 5.41) is 3.95. The van der Waals surface area contributed by atoms with Crippen molar-refractivity contribution in [1.82, 2.24) is 14.8 Å². The highest BCUT2D eigenvalue weighted by Crippen LogP contribution is 2.23. The Morgan fingerprint density at radius 3 is 2.95 bits per heavy atom. The minimum atomic E-state index is -0.561. The quantitative estimate of drug-likeness (QED) is 0.816. The average Bonchev–Trinajstić information content (AvgIpc) is 2.92. The van der Waals surface area contributed by atoms with E-state index >= 15 is 0 Å². The Labute approximate surface area is 110 Å². The van der Waals surface area contributed by atoms with Gasteiger partial charge >= 0.3 is 0 Å².